The van der Waals surface area contributed by atoms with Gasteiger partial charge in [0.25, 0.3) is 0 Å². The second-order valence-corrected chi connectivity index (χ2v) is 5.91. The van der Waals surface area contributed by atoms with Crippen molar-refractivity contribution in [2.24, 2.45) is 0 Å². The van der Waals surface area contributed by atoms with Crippen LogP contribution < -0.4 is 4.74 Å². The summed E-state index contributed by atoms with van der Waals surface area (Å²) < 4.78 is 25.1. The van der Waals surface area contributed by atoms with Gasteiger partial charge in [0.2, 0.25) is 0 Å². The standard InChI is InChI=1S/C21H25FO3/c1-3-5-9-14-24-20-13-12-17(15-18(20)22)21(23)25-19(4-2)16-10-7-6-8-11-16/h6-8,10-13,15,19H,3-5,9,14H2,1-2H3. The number of carbonyl (C=O) groups excluding carboxylic acids is 1. The number of hydrogen-bond acceptors (Lipinski definition) is 3. The van der Waals surface area contributed by atoms with E-state index in [2.05, 4.69) is 6.92 Å². The summed E-state index contributed by atoms with van der Waals surface area (Å²) in [6.07, 6.45) is 3.31. The van der Waals surface area contributed by atoms with Crippen molar-refractivity contribution in [3.05, 3.63) is 65.5 Å². The van der Waals surface area contributed by atoms with Crippen LogP contribution in [0.4, 0.5) is 4.39 Å². The van der Waals surface area contributed by atoms with Gasteiger partial charge in [0, 0.05) is 0 Å². The third-order valence-corrected chi connectivity index (χ3v) is 3.96. The zero-order valence-electron chi connectivity index (χ0n) is 14.8. The van der Waals surface area contributed by atoms with E-state index < -0.39 is 11.8 Å². The Morgan fingerprint density at radius 1 is 1.08 bits per heavy atom. The average molecular weight is 344 g/mol. The third kappa shape index (κ3) is 5.59. The summed E-state index contributed by atoms with van der Waals surface area (Å²) in [6.45, 7) is 4.51. The van der Waals surface area contributed by atoms with E-state index in [9.17, 15) is 9.18 Å². The molecule has 0 fully saturated rings. The van der Waals surface area contributed by atoms with Crippen LogP contribution in [0.3, 0.4) is 0 Å². The third-order valence-electron chi connectivity index (χ3n) is 3.96. The van der Waals surface area contributed by atoms with Crippen LogP contribution in [0.15, 0.2) is 48.5 Å². The number of carbonyl (C=O) groups is 1. The molecule has 2 aromatic carbocycles. The zero-order valence-corrected chi connectivity index (χ0v) is 14.8. The molecule has 4 heteroatoms. The van der Waals surface area contributed by atoms with E-state index in [1.165, 1.54) is 18.2 Å². The highest BCUT2D eigenvalue weighted by Crippen LogP contribution is 2.24. The Kier molecular flexibility index (Phi) is 7.45. The molecule has 134 valence electrons. The summed E-state index contributed by atoms with van der Waals surface area (Å²) >= 11 is 0. The molecule has 2 rings (SSSR count). The SMILES string of the molecule is CCCCCOc1ccc(C(=O)OC(CC)c2ccccc2)cc1F. The number of unbranched alkanes of at least 4 members (excludes halogenated alkanes) is 2. The minimum atomic E-state index is -0.543. The number of halogens is 1. The molecule has 0 amide bonds. The van der Waals surface area contributed by atoms with Gasteiger partial charge in [-0.25, -0.2) is 9.18 Å². The van der Waals surface area contributed by atoms with E-state index in [1.54, 1.807) is 0 Å². The summed E-state index contributed by atoms with van der Waals surface area (Å²) in [6, 6.07) is 13.7. The van der Waals surface area contributed by atoms with Crippen LogP contribution in [0, 0.1) is 5.82 Å². The number of rotatable bonds is 9. The molecule has 0 aliphatic rings. The van der Waals surface area contributed by atoms with Gasteiger partial charge in [-0.2, -0.15) is 0 Å². The van der Waals surface area contributed by atoms with Crippen LogP contribution >= 0.6 is 0 Å². The first-order valence-electron chi connectivity index (χ1n) is 8.84. The van der Waals surface area contributed by atoms with E-state index >= 15 is 0 Å². The van der Waals surface area contributed by atoms with E-state index in [4.69, 9.17) is 9.47 Å². The molecule has 0 spiro atoms. The molecule has 25 heavy (non-hydrogen) atoms. The minimum Gasteiger partial charge on any atom is -0.491 e. The predicted octanol–water partition coefficient (Wildman–Crippen LogP) is 5.70. The Labute approximate surface area is 148 Å². The van der Waals surface area contributed by atoms with Crippen molar-refractivity contribution >= 4 is 5.97 Å². The van der Waals surface area contributed by atoms with Gasteiger partial charge in [-0.05, 0) is 36.6 Å². The normalized spacial score (nSPS) is 11.8. The van der Waals surface area contributed by atoms with Gasteiger partial charge in [-0.1, -0.05) is 57.0 Å². The smallest absolute Gasteiger partial charge is 0.338 e. The Balaban J connectivity index is 2.00. The maximum absolute atomic E-state index is 14.1. The summed E-state index contributed by atoms with van der Waals surface area (Å²) in [4.78, 5) is 12.3. The largest absolute Gasteiger partial charge is 0.491 e. The molecule has 3 nitrogen and oxygen atoms in total. The lowest BCUT2D eigenvalue weighted by atomic mass is 10.1. The van der Waals surface area contributed by atoms with Crippen LogP contribution in [0.1, 0.15) is 61.6 Å². The molecule has 0 aliphatic carbocycles. The Morgan fingerprint density at radius 3 is 2.48 bits per heavy atom. The molecule has 0 bridgehead atoms. The number of ether oxygens (including phenoxy) is 2. The lowest BCUT2D eigenvalue weighted by Crippen LogP contribution is -2.11. The number of hydrogen-bond donors (Lipinski definition) is 0. The fraction of sp³-hybridized carbons (Fsp3) is 0.381. The van der Waals surface area contributed by atoms with Gasteiger partial charge in [0.1, 0.15) is 6.10 Å². The van der Waals surface area contributed by atoms with Crippen molar-refractivity contribution in [3.8, 4) is 5.75 Å². The quantitative estimate of drug-likeness (QED) is 0.432. The fourth-order valence-electron chi connectivity index (χ4n) is 2.53. The lowest BCUT2D eigenvalue weighted by Gasteiger charge is -2.17. The maximum Gasteiger partial charge on any atom is 0.338 e. The molecule has 0 heterocycles. The zero-order chi connectivity index (χ0) is 18.1. The second kappa shape index (κ2) is 9.82. The van der Waals surface area contributed by atoms with Crippen LogP contribution in [0.2, 0.25) is 0 Å². The fourth-order valence-corrected chi connectivity index (χ4v) is 2.53. The Morgan fingerprint density at radius 2 is 1.84 bits per heavy atom. The van der Waals surface area contributed by atoms with Crippen molar-refractivity contribution in [1.82, 2.24) is 0 Å². The summed E-state index contributed by atoms with van der Waals surface area (Å²) in [5.74, 6) is -0.909. The molecule has 1 atom stereocenters. The van der Waals surface area contributed by atoms with Gasteiger partial charge in [0.05, 0.1) is 12.2 Å². The second-order valence-electron chi connectivity index (χ2n) is 5.91. The maximum atomic E-state index is 14.1. The lowest BCUT2D eigenvalue weighted by molar-refractivity contribution is 0.0287. The first-order chi connectivity index (χ1) is 12.2. The van der Waals surface area contributed by atoms with Crippen molar-refractivity contribution < 1.29 is 18.7 Å². The first-order valence-corrected chi connectivity index (χ1v) is 8.84. The Hall–Kier alpha value is -2.36. The van der Waals surface area contributed by atoms with Crippen LogP contribution in [-0.4, -0.2) is 12.6 Å². The number of benzene rings is 2. The van der Waals surface area contributed by atoms with Crippen LogP contribution in [-0.2, 0) is 4.74 Å². The average Bonchev–Trinajstić information content (AvgIpc) is 2.64. The molecule has 2 aromatic rings. The van der Waals surface area contributed by atoms with Crippen molar-refractivity contribution in [1.29, 1.82) is 0 Å². The monoisotopic (exact) mass is 344 g/mol. The van der Waals surface area contributed by atoms with E-state index in [0.29, 0.717) is 13.0 Å². The van der Waals surface area contributed by atoms with Gasteiger partial charge in [-0.3, -0.25) is 0 Å². The van der Waals surface area contributed by atoms with Crippen LogP contribution in [0.25, 0.3) is 0 Å². The van der Waals surface area contributed by atoms with Crippen molar-refractivity contribution in [2.75, 3.05) is 6.61 Å². The van der Waals surface area contributed by atoms with Crippen molar-refractivity contribution in [2.45, 2.75) is 45.6 Å². The molecule has 0 aliphatic heterocycles. The molecule has 0 saturated carbocycles. The van der Waals surface area contributed by atoms with Gasteiger partial charge < -0.3 is 9.47 Å². The van der Waals surface area contributed by atoms with Gasteiger partial charge in [-0.15, -0.1) is 0 Å². The molecule has 0 N–H and O–H groups in total. The molecule has 0 saturated heterocycles. The molecule has 0 radical (unpaired) electrons. The van der Waals surface area contributed by atoms with Crippen molar-refractivity contribution in [3.63, 3.8) is 0 Å². The Bertz CT molecular complexity index is 670. The predicted molar refractivity (Wildman–Crippen MR) is 96.3 cm³/mol. The molecule has 1 unspecified atom stereocenters. The highest BCUT2D eigenvalue weighted by Gasteiger charge is 2.17. The van der Waals surface area contributed by atoms with E-state index in [0.717, 1.165) is 24.8 Å². The highest BCUT2D eigenvalue weighted by molar-refractivity contribution is 5.89. The molecular formula is C21H25FO3. The summed E-state index contributed by atoms with van der Waals surface area (Å²) in [5, 5.41) is 0. The summed E-state index contributed by atoms with van der Waals surface area (Å²) in [7, 11) is 0. The van der Waals surface area contributed by atoms with Gasteiger partial charge in [0.15, 0.2) is 11.6 Å². The minimum absolute atomic E-state index is 0.169. The van der Waals surface area contributed by atoms with Crippen LogP contribution in [0.5, 0.6) is 5.75 Å². The van der Waals surface area contributed by atoms with E-state index in [1.807, 2.05) is 37.3 Å². The summed E-state index contributed by atoms with van der Waals surface area (Å²) in [5.41, 5.74) is 1.11. The van der Waals surface area contributed by atoms with E-state index in [-0.39, 0.29) is 17.4 Å². The molecular weight excluding hydrogens is 319 g/mol. The van der Waals surface area contributed by atoms with Gasteiger partial charge >= 0.3 is 5.97 Å². The highest BCUT2D eigenvalue weighted by atomic mass is 19.1. The molecule has 0 aromatic heterocycles. The number of esters is 1. The topological polar surface area (TPSA) is 35.5 Å². The first kappa shape index (κ1) is 19.0.